The maximum absolute atomic E-state index is 12.3. The molecule has 1 aromatic rings. The van der Waals surface area contributed by atoms with Gasteiger partial charge in [-0.1, -0.05) is 38.5 Å². The van der Waals surface area contributed by atoms with Crippen molar-refractivity contribution in [1.29, 1.82) is 0 Å². The second kappa shape index (κ2) is 7.63. The van der Waals surface area contributed by atoms with Crippen LogP contribution in [0.5, 0.6) is 0 Å². The number of rotatable bonds is 3. The van der Waals surface area contributed by atoms with Crippen LogP contribution in [0.1, 0.15) is 54.8 Å². The standard InChI is InChI=1S/C17H23NO2S/c1-12-6-5-8-16(13(12)2)18-17(20)14-10-15(21-11-14)7-3-4-9-19/h10-13,16,19H,4-6,8-9H2,1-2H3,(H,18,20). The number of nitrogens with one attached hydrogen (secondary N) is 1. The van der Waals surface area contributed by atoms with E-state index in [0.717, 1.165) is 11.3 Å². The van der Waals surface area contributed by atoms with Gasteiger partial charge in [0.25, 0.3) is 5.91 Å². The fourth-order valence-corrected chi connectivity index (χ4v) is 3.52. The lowest BCUT2D eigenvalue weighted by Crippen LogP contribution is -2.43. The van der Waals surface area contributed by atoms with Crippen LogP contribution in [0.15, 0.2) is 11.4 Å². The monoisotopic (exact) mass is 305 g/mol. The molecule has 0 saturated heterocycles. The number of amides is 1. The minimum Gasteiger partial charge on any atom is -0.395 e. The van der Waals surface area contributed by atoms with Gasteiger partial charge in [0.1, 0.15) is 0 Å². The van der Waals surface area contributed by atoms with Crippen LogP contribution in [0.3, 0.4) is 0 Å². The first kappa shape index (κ1) is 16.1. The van der Waals surface area contributed by atoms with E-state index in [2.05, 4.69) is 31.0 Å². The molecule has 0 spiro atoms. The molecule has 1 fully saturated rings. The summed E-state index contributed by atoms with van der Waals surface area (Å²) in [5, 5.41) is 13.7. The van der Waals surface area contributed by atoms with Crippen molar-refractivity contribution in [2.75, 3.05) is 6.61 Å². The van der Waals surface area contributed by atoms with Gasteiger partial charge in [-0.25, -0.2) is 0 Å². The van der Waals surface area contributed by atoms with Crippen LogP contribution in [0, 0.1) is 23.7 Å². The van der Waals surface area contributed by atoms with Gasteiger partial charge in [0.05, 0.1) is 17.0 Å². The summed E-state index contributed by atoms with van der Waals surface area (Å²) in [6.07, 6.45) is 4.00. The number of aliphatic hydroxyl groups is 1. The number of carbonyl (C=O) groups is 1. The Bertz CT molecular complexity index is 540. The van der Waals surface area contributed by atoms with Crippen molar-refractivity contribution in [2.24, 2.45) is 11.8 Å². The molecule has 0 radical (unpaired) electrons. The summed E-state index contributed by atoms with van der Waals surface area (Å²) in [6, 6.07) is 2.12. The van der Waals surface area contributed by atoms with E-state index in [0.29, 0.717) is 23.8 Å². The van der Waals surface area contributed by atoms with Gasteiger partial charge in [0.15, 0.2) is 0 Å². The lowest BCUT2D eigenvalue weighted by Gasteiger charge is -2.34. The van der Waals surface area contributed by atoms with Crippen molar-refractivity contribution in [2.45, 2.75) is 45.6 Å². The number of carbonyl (C=O) groups excluding carboxylic acids is 1. The van der Waals surface area contributed by atoms with Crippen molar-refractivity contribution < 1.29 is 9.90 Å². The molecule has 3 atom stereocenters. The zero-order valence-corrected chi connectivity index (χ0v) is 13.5. The predicted octanol–water partition coefficient (Wildman–Crippen LogP) is 3.04. The van der Waals surface area contributed by atoms with Gasteiger partial charge < -0.3 is 10.4 Å². The Morgan fingerprint density at radius 2 is 2.29 bits per heavy atom. The molecule has 1 heterocycles. The minimum atomic E-state index is 0.00686. The van der Waals surface area contributed by atoms with Crippen molar-refractivity contribution >= 4 is 17.2 Å². The zero-order valence-electron chi connectivity index (χ0n) is 12.7. The first-order valence-corrected chi connectivity index (χ1v) is 8.49. The Labute approximate surface area is 130 Å². The van der Waals surface area contributed by atoms with E-state index in [1.54, 1.807) is 0 Å². The molecule has 3 unspecified atom stereocenters. The van der Waals surface area contributed by atoms with E-state index >= 15 is 0 Å². The Balaban J connectivity index is 1.96. The number of aliphatic hydroxyl groups excluding tert-OH is 1. The fourth-order valence-electron chi connectivity index (χ4n) is 2.76. The fraction of sp³-hybridized carbons (Fsp3) is 0.588. The molecule has 1 amide bonds. The molecule has 2 rings (SSSR count). The van der Waals surface area contributed by atoms with E-state index < -0.39 is 0 Å². The van der Waals surface area contributed by atoms with Crippen LogP contribution in [-0.2, 0) is 0 Å². The molecular formula is C17H23NO2S. The summed E-state index contributed by atoms with van der Waals surface area (Å²) >= 11 is 1.48. The van der Waals surface area contributed by atoms with Gasteiger partial charge >= 0.3 is 0 Å². The third-order valence-electron chi connectivity index (χ3n) is 4.33. The highest BCUT2D eigenvalue weighted by Crippen LogP contribution is 2.29. The van der Waals surface area contributed by atoms with Crippen molar-refractivity contribution in [3.8, 4) is 11.8 Å². The van der Waals surface area contributed by atoms with E-state index in [1.165, 1.54) is 24.2 Å². The Morgan fingerprint density at radius 1 is 1.48 bits per heavy atom. The molecule has 1 aromatic heterocycles. The maximum Gasteiger partial charge on any atom is 0.252 e. The van der Waals surface area contributed by atoms with Crippen LogP contribution in [0.4, 0.5) is 0 Å². The molecule has 1 aliphatic carbocycles. The molecule has 4 heteroatoms. The number of hydrogen-bond acceptors (Lipinski definition) is 3. The second-order valence-corrected chi connectivity index (χ2v) is 6.73. The van der Waals surface area contributed by atoms with Gasteiger partial charge in [-0.15, -0.1) is 11.3 Å². The zero-order chi connectivity index (χ0) is 15.2. The first-order valence-electron chi connectivity index (χ1n) is 7.61. The van der Waals surface area contributed by atoms with Crippen LogP contribution in [0.2, 0.25) is 0 Å². The topological polar surface area (TPSA) is 49.3 Å². The lowest BCUT2D eigenvalue weighted by molar-refractivity contribution is 0.0891. The Morgan fingerprint density at radius 3 is 3.05 bits per heavy atom. The molecular weight excluding hydrogens is 282 g/mol. The van der Waals surface area contributed by atoms with Gasteiger partial charge in [0, 0.05) is 17.8 Å². The highest BCUT2D eigenvalue weighted by atomic mass is 32.1. The van der Waals surface area contributed by atoms with Gasteiger partial charge in [-0.3, -0.25) is 4.79 Å². The summed E-state index contributed by atoms with van der Waals surface area (Å²) in [5.74, 6) is 7.06. The summed E-state index contributed by atoms with van der Waals surface area (Å²) in [7, 11) is 0. The summed E-state index contributed by atoms with van der Waals surface area (Å²) < 4.78 is 0. The highest BCUT2D eigenvalue weighted by molar-refractivity contribution is 7.10. The Kier molecular flexibility index (Phi) is 5.84. The molecule has 1 saturated carbocycles. The Hall–Kier alpha value is -1.31. The van der Waals surface area contributed by atoms with E-state index in [9.17, 15) is 4.79 Å². The van der Waals surface area contributed by atoms with Crippen LogP contribution in [-0.4, -0.2) is 23.7 Å². The van der Waals surface area contributed by atoms with Gasteiger partial charge in [0.2, 0.25) is 0 Å². The smallest absolute Gasteiger partial charge is 0.252 e. The molecule has 21 heavy (non-hydrogen) atoms. The predicted molar refractivity (Wildman–Crippen MR) is 86.3 cm³/mol. The molecule has 2 N–H and O–H groups in total. The quantitative estimate of drug-likeness (QED) is 0.843. The summed E-state index contributed by atoms with van der Waals surface area (Å²) in [4.78, 5) is 13.2. The molecule has 0 aromatic carbocycles. The van der Waals surface area contributed by atoms with Crippen LogP contribution < -0.4 is 5.32 Å². The molecule has 0 bridgehead atoms. The van der Waals surface area contributed by atoms with Crippen molar-refractivity contribution in [1.82, 2.24) is 5.32 Å². The number of thiophene rings is 1. The van der Waals surface area contributed by atoms with E-state index in [1.807, 2.05) is 11.4 Å². The van der Waals surface area contributed by atoms with Crippen LogP contribution in [0.25, 0.3) is 0 Å². The SMILES string of the molecule is CC1CCCC(NC(=O)c2csc(C#CCCO)c2)C1C. The summed E-state index contributed by atoms with van der Waals surface area (Å²) in [6.45, 7) is 4.57. The maximum atomic E-state index is 12.3. The third kappa shape index (κ3) is 4.33. The average molecular weight is 305 g/mol. The van der Waals surface area contributed by atoms with Crippen molar-refractivity contribution in [3.05, 3.63) is 21.9 Å². The molecule has 1 aliphatic rings. The second-order valence-electron chi connectivity index (χ2n) is 5.82. The van der Waals surface area contributed by atoms with Gasteiger partial charge in [-0.05, 0) is 24.3 Å². The molecule has 0 aliphatic heterocycles. The van der Waals surface area contributed by atoms with Crippen molar-refractivity contribution in [3.63, 3.8) is 0 Å². The highest BCUT2D eigenvalue weighted by Gasteiger charge is 2.28. The minimum absolute atomic E-state index is 0.00686. The molecule has 3 nitrogen and oxygen atoms in total. The van der Waals surface area contributed by atoms with E-state index in [4.69, 9.17) is 5.11 Å². The average Bonchev–Trinajstić information content (AvgIpc) is 2.93. The third-order valence-corrected chi connectivity index (χ3v) is 5.18. The largest absolute Gasteiger partial charge is 0.395 e. The lowest BCUT2D eigenvalue weighted by atomic mass is 9.78. The normalized spacial score (nSPS) is 25.0. The van der Waals surface area contributed by atoms with Crippen LogP contribution >= 0.6 is 11.3 Å². The van der Waals surface area contributed by atoms with E-state index in [-0.39, 0.29) is 18.6 Å². The molecule has 114 valence electrons. The summed E-state index contributed by atoms with van der Waals surface area (Å²) in [5.41, 5.74) is 0.693. The first-order chi connectivity index (χ1) is 10.1. The van der Waals surface area contributed by atoms with Gasteiger partial charge in [-0.2, -0.15) is 0 Å². The number of hydrogen-bond donors (Lipinski definition) is 2.